The Hall–Kier alpha value is -1.16. The van der Waals surface area contributed by atoms with Crippen LogP contribution in [0.15, 0.2) is 6.20 Å². The van der Waals surface area contributed by atoms with Crippen LogP contribution in [0.5, 0.6) is 0 Å². The highest BCUT2D eigenvalue weighted by atomic mass is 16.5. The lowest BCUT2D eigenvalue weighted by Gasteiger charge is -2.40. The number of rotatable bonds is 4. The molecule has 1 fully saturated rings. The van der Waals surface area contributed by atoms with Crippen LogP contribution in [0.1, 0.15) is 50.9 Å². The minimum absolute atomic E-state index is 0.0427. The Balaban J connectivity index is 2.08. The summed E-state index contributed by atoms with van der Waals surface area (Å²) in [5, 5.41) is 3.56. The fourth-order valence-corrected chi connectivity index (χ4v) is 2.76. The van der Waals surface area contributed by atoms with Crippen molar-refractivity contribution >= 4 is 5.82 Å². The molecule has 2 rings (SSSR count). The first-order valence-corrected chi connectivity index (χ1v) is 7.29. The van der Waals surface area contributed by atoms with Crippen molar-refractivity contribution in [3.05, 3.63) is 17.6 Å². The van der Waals surface area contributed by atoms with Crippen LogP contribution in [0.4, 0.5) is 5.82 Å². The quantitative estimate of drug-likeness (QED) is 0.906. The minimum atomic E-state index is 0.0427. The second-order valence-corrected chi connectivity index (χ2v) is 5.52. The number of nitrogens with zero attached hydrogens (tertiary/aromatic N) is 2. The van der Waals surface area contributed by atoms with E-state index in [1.54, 1.807) is 0 Å². The van der Waals surface area contributed by atoms with Crippen molar-refractivity contribution in [2.24, 2.45) is 0 Å². The first kappa shape index (κ1) is 14.3. The zero-order valence-electron chi connectivity index (χ0n) is 12.5. The van der Waals surface area contributed by atoms with Crippen LogP contribution in [0.2, 0.25) is 0 Å². The van der Waals surface area contributed by atoms with E-state index in [0.717, 1.165) is 49.5 Å². The molecule has 1 N–H and O–H groups in total. The zero-order chi connectivity index (χ0) is 13.9. The largest absolute Gasteiger partial charge is 0.375 e. The molecule has 0 aromatic carbocycles. The Bertz CT molecular complexity index is 429. The standard InChI is InChI=1S/C15H25N3O/c1-5-15(6-2)9-13(7-8-19-15)18-14-12(4)16-10-11(3)17-14/h10,13H,5-9H2,1-4H3,(H,17,18). The smallest absolute Gasteiger partial charge is 0.147 e. The van der Waals surface area contributed by atoms with Crippen molar-refractivity contribution in [2.45, 2.75) is 65.0 Å². The van der Waals surface area contributed by atoms with E-state index in [4.69, 9.17) is 4.74 Å². The van der Waals surface area contributed by atoms with Crippen LogP contribution in [0.25, 0.3) is 0 Å². The minimum Gasteiger partial charge on any atom is -0.375 e. The number of anilines is 1. The summed E-state index contributed by atoms with van der Waals surface area (Å²) in [6, 6.07) is 0.434. The lowest BCUT2D eigenvalue weighted by atomic mass is 9.86. The SMILES string of the molecule is CCC1(CC)CC(Nc2nc(C)cnc2C)CCO1. The molecule has 1 aliphatic heterocycles. The summed E-state index contributed by atoms with van der Waals surface area (Å²) in [6.07, 6.45) is 6.04. The average molecular weight is 263 g/mol. The number of hydrogen-bond acceptors (Lipinski definition) is 4. The van der Waals surface area contributed by atoms with Crippen LogP contribution < -0.4 is 5.32 Å². The van der Waals surface area contributed by atoms with E-state index in [0.29, 0.717) is 6.04 Å². The summed E-state index contributed by atoms with van der Waals surface area (Å²) in [4.78, 5) is 8.92. The third-order valence-electron chi connectivity index (χ3n) is 4.20. The monoisotopic (exact) mass is 263 g/mol. The van der Waals surface area contributed by atoms with Crippen molar-refractivity contribution in [3.63, 3.8) is 0 Å². The molecule has 1 atom stereocenters. The van der Waals surface area contributed by atoms with E-state index in [1.807, 2.05) is 20.0 Å². The Kier molecular flexibility index (Phi) is 4.40. The van der Waals surface area contributed by atoms with Crippen molar-refractivity contribution in [1.82, 2.24) is 9.97 Å². The third kappa shape index (κ3) is 3.24. The molecule has 2 heterocycles. The van der Waals surface area contributed by atoms with Gasteiger partial charge in [0, 0.05) is 18.8 Å². The van der Waals surface area contributed by atoms with Crippen LogP contribution in [0.3, 0.4) is 0 Å². The number of aryl methyl sites for hydroxylation is 2. The molecule has 1 aromatic heterocycles. The molecular formula is C15H25N3O. The maximum Gasteiger partial charge on any atom is 0.147 e. The third-order valence-corrected chi connectivity index (χ3v) is 4.20. The fourth-order valence-electron chi connectivity index (χ4n) is 2.76. The van der Waals surface area contributed by atoms with Gasteiger partial charge in [-0.25, -0.2) is 4.98 Å². The van der Waals surface area contributed by atoms with Gasteiger partial charge in [-0.3, -0.25) is 4.98 Å². The number of ether oxygens (including phenoxy) is 1. The maximum absolute atomic E-state index is 6.01. The molecule has 1 aromatic rings. The Labute approximate surface area is 116 Å². The van der Waals surface area contributed by atoms with E-state index >= 15 is 0 Å². The summed E-state index contributed by atoms with van der Waals surface area (Å²) >= 11 is 0. The summed E-state index contributed by atoms with van der Waals surface area (Å²) in [6.45, 7) is 9.23. The first-order valence-electron chi connectivity index (χ1n) is 7.29. The summed E-state index contributed by atoms with van der Waals surface area (Å²) in [5.41, 5.74) is 1.97. The topological polar surface area (TPSA) is 47.0 Å². The average Bonchev–Trinajstić information content (AvgIpc) is 2.43. The molecule has 1 saturated heterocycles. The predicted octanol–water partition coefficient (Wildman–Crippen LogP) is 3.24. The molecule has 0 aliphatic carbocycles. The molecule has 4 heteroatoms. The van der Waals surface area contributed by atoms with Gasteiger partial charge >= 0.3 is 0 Å². The van der Waals surface area contributed by atoms with Crippen LogP contribution in [-0.2, 0) is 4.74 Å². The van der Waals surface area contributed by atoms with Gasteiger partial charge in [-0.15, -0.1) is 0 Å². The molecule has 0 amide bonds. The van der Waals surface area contributed by atoms with Gasteiger partial charge in [0.15, 0.2) is 0 Å². The van der Waals surface area contributed by atoms with Gasteiger partial charge < -0.3 is 10.1 Å². The van der Waals surface area contributed by atoms with Gasteiger partial charge in [-0.05, 0) is 39.5 Å². The molecule has 0 radical (unpaired) electrons. The summed E-state index contributed by atoms with van der Waals surface area (Å²) in [5.74, 6) is 0.924. The Morgan fingerprint density at radius 3 is 2.79 bits per heavy atom. The molecule has 0 saturated carbocycles. The molecule has 1 unspecified atom stereocenters. The highest BCUT2D eigenvalue weighted by molar-refractivity contribution is 5.40. The second-order valence-electron chi connectivity index (χ2n) is 5.52. The molecule has 19 heavy (non-hydrogen) atoms. The van der Waals surface area contributed by atoms with Gasteiger partial charge in [0.25, 0.3) is 0 Å². The first-order chi connectivity index (χ1) is 9.08. The van der Waals surface area contributed by atoms with Gasteiger partial charge in [0.05, 0.1) is 17.0 Å². The normalized spacial score (nSPS) is 22.2. The maximum atomic E-state index is 6.01. The summed E-state index contributed by atoms with van der Waals surface area (Å²) in [7, 11) is 0. The van der Waals surface area contributed by atoms with Gasteiger partial charge in [-0.1, -0.05) is 13.8 Å². The van der Waals surface area contributed by atoms with Crippen molar-refractivity contribution in [2.75, 3.05) is 11.9 Å². The highest BCUT2D eigenvalue weighted by Gasteiger charge is 2.34. The van der Waals surface area contributed by atoms with Gasteiger partial charge in [0.2, 0.25) is 0 Å². The van der Waals surface area contributed by atoms with Crippen molar-refractivity contribution in [3.8, 4) is 0 Å². The van der Waals surface area contributed by atoms with E-state index < -0.39 is 0 Å². The number of nitrogens with one attached hydrogen (secondary N) is 1. The number of aromatic nitrogens is 2. The molecule has 4 nitrogen and oxygen atoms in total. The molecule has 1 aliphatic rings. The lowest BCUT2D eigenvalue weighted by Crippen LogP contribution is -2.43. The zero-order valence-corrected chi connectivity index (χ0v) is 12.5. The van der Waals surface area contributed by atoms with Gasteiger partial charge in [0.1, 0.15) is 5.82 Å². The van der Waals surface area contributed by atoms with Gasteiger partial charge in [-0.2, -0.15) is 0 Å². The Morgan fingerprint density at radius 1 is 1.37 bits per heavy atom. The molecular weight excluding hydrogens is 238 g/mol. The van der Waals surface area contributed by atoms with E-state index in [-0.39, 0.29) is 5.60 Å². The second kappa shape index (κ2) is 5.87. The van der Waals surface area contributed by atoms with Crippen LogP contribution in [-0.4, -0.2) is 28.2 Å². The molecule has 106 valence electrons. The fraction of sp³-hybridized carbons (Fsp3) is 0.733. The molecule has 0 spiro atoms. The molecule has 0 bridgehead atoms. The van der Waals surface area contributed by atoms with Crippen LogP contribution in [0, 0.1) is 13.8 Å². The van der Waals surface area contributed by atoms with E-state index in [2.05, 4.69) is 29.1 Å². The predicted molar refractivity (Wildman–Crippen MR) is 77.4 cm³/mol. The number of hydrogen-bond donors (Lipinski definition) is 1. The highest BCUT2D eigenvalue weighted by Crippen LogP contribution is 2.32. The van der Waals surface area contributed by atoms with E-state index in [1.165, 1.54) is 0 Å². The van der Waals surface area contributed by atoms with E-state index in [9.17, 15) is 0 Å². The van der Waals surface area contributed by atoms with Crippen molar-refractivity contribution < 1.29 is 4.74 Å². The lowest BCUT2D eigenvalue weighted by molar-refractivity contribution is -0.0864. The Morgan fingerprint density at radius 2 is 2.11 bits per heavy atom. The van der Waals surface area contributed by atoms with Crippen LogP contribution >= 0.6 is 0 Å². The van der Waals surface area contributed by atoms with Crippen molar-refractivity contribution in [1.29, 1.82) is 0 Å². The summed E-state index contributed by atoms with van der Waals surface area (Å²) < 4.78 is 6.01.